The molecule has 0 fully saturated rings. The molecule has 0 radical (unpaired) electrons. The highest BCUT2D eigenvalue weighted by atomic mass is 16.3. The van der Waals surface area contributed by atoms with E-state index in [1.165, 1.54) is 0 Å². The Morgan fingerprint density at radius 2 is 2.36 bits per heavy atom. The van der Waals surface area contributed by atoms with Gasteiger partial charge in [-0.05, 0) is 25.5 Å². The summed E-state index contributed by atoms with van der Waals surface area (Å²) in [4.78, 5) is 11.4. The number of hydrogen-bond acceptors (Lipinski definition) is 3. The van der Waals surface area contributed by atoms with Gasteiger partial charge in [0.1, 0.15) is 5.76 Å². The summed E-state index contributed by atoms with van der Waals surface area (Å²) >= 11 is 0. The first-order valence-corrected chi connectivity index (χ1v) is 4.66. The first-order chi connectivity index (χ1) is 6.63. The van der Waals surface area contributed by atoms with Crippen LogP contribution in [0.15, 0.2) is 16.5 Å². The molecule has 0 spiro atoms. The molecule has 1 rings (SSSR count). The molecule has 14 heavy (non-hydrogen) atoms. The maximum absolute atomic E-state index is 11.4. The quantitative estimate of drug-likeness (QED) is 0.759. The van der Waals surface area contributed by atoms with E-state index in [4.69, 9.17) is 4.42 Å². The molecule has 2 N–H and O–H groups in total. The fourth-order valence-electron chi connectivity index (χ4n) is 0.999. The second-order valence-electron chi connectivity index (χ2n) is 3.18. The van der Waals surface area contributed by atoms with Gasteiger partial charge in [-0.1, -0.05) is 6.92 Å². The number of aliphatic hydroxyl groups is 1. The van der Waals surface area contributed by atoms with E-state index in [1.807, 2.05) is 6.92 Å². The van der Waals surface area contributed by atoms with Gasteiger partial charge < -0.3 is 14.8 Å². The van der Waals surface area contributed by atoms with E-state index >= 15 is 0 Å². The Kier molecular flexibility index (Phi) is 3.71. The van der Waals surface area contributed by atoms with Gasteiger partial charge in [0.25, 0.3) is 5.91 Å². The van der Waals surface area contributed by atoms with Crippen LogP contribution in [-0.2, 0) is 0 Å². The van der Waals surface area contributed by atoms with Crippen molar-refractivity contribution >= 4 is 5.91 Å². The van der Waals surface area contributed by atoms with Gasteiger partial charge in [-0.15, -0.1) is 0 Å². The first-order valence-electron chi connectivity index (χ1n) is 4.66. The lowest BCUT2D eigenvalue weighted by molar-refractivity contribution is 0.0885. The van der Waals surface area contributed by atoms with Crippen molar-refractivity contribution in [2.45, 2.75) is 26.4 Å². The Balaban J connectivity index is 2.43. The van der Waals surface area contributed by atoms with E-state index in [0.29, 0.717) is 12.2 Å². The number of amides is 1. The molecule has 4 nitrogen and oxygen atoms in total. The van der Waals surface area contributed by atoms with Crippen LogP contribution in [-0.4, -0.2) is 23.7 Å². The van der Waals surface area contributed by atoms with Crippen molar-refractivity contribution in [3.05, 3.63) is 23.7 Å². The molecule has 78 valence electrons. The molecule has 0 aromatic carbocycles. The van der Waals surface area contributed by atoms with Crippen LogP contribution in [0.3, 0.4) is 0 Å². The number of aryl methyl sites for hydroxylation is 1. The van der Waals surface area contributed by atoms with Crippen molar-refractivity contribution in [3.63, 3.8) is 0 Å². The van der Waals surface area contributed by atoms with Gasteiger partial charge in [0.05, 0.1) is 6.10 Å². The molecule has 0 aliphatic heterocycles. The normalized spacial score (nSPS) is 12.5. The zero-order chi connectivity index (χ0) is 10.6. The maximum atomic E-state index is 11.4. The molecule has 1 amide bonds. The van der Waals surface area contributed by atoms with Gasteiger partial charge in [0, 0.05) is 6.54 Å². The SMILES string of the molecule is CCC(O)CNC(=O)c1ccc(C)o1. The highest BCUT2D eigenvalue weighted by Gasteiger charge is 2.10. The summed E-state index contributed by atoms with van der Waals surface area (Å²) < 4.78 is 5.12. The van der Waals surface area contributed by atoms with Crippen LogP contribution in [0.5, 0.6) is 0 Å². The van der Waals surface area contributed by atoms with Gasteiger partial charge in [-0.25, -0.2) is 0 Å². The average Bonchev–Trinajstić information content (AvgIpc) is 2.60. The molecule has 0 aliphatic carbocycles. The monoisotopic (exact) mass is 197 g/mol. The summed E-state index contributed by atoms with van der Waals surface area (Å²) in [6.45, 7) is 3.89. The number of carbonyl (C=O) groups excluding carboxylic acids is 1. The van der Waals surface area contributed by atoms with Gasteiger partial charge in [0.2, 0.25) is 0 Å². The van der Waals surface area contributed by atoms with Crippen molar-refractivity contribution < 1.29 is 14.3 Å². The minimum absolute atomic E-state index is 0.259. The van der Waals surface area contributed by atoms with Crippen molar-refractivity contribution in [3.8, 4) is 0 Å². The Hall–Kier alpha value is -1.29. The predicted octanol–water partition coefficient (Wildman–Crippen LogP) is 1.09. The minimum atomic E-state index is -0.491. The Bertz CT molecular complexity index is 306. The number of furan rings is 1. The van der Waals surface area contributed by atoms with E-state index in [1.54, 1.807) is 19.1 Å². The summed E-state index contributed by atoms with van der Waals surface area (Å²) in [5, 5.41) is 11.8. The Morgan fingerprint density at radius 3 is 2.86 bits per heavy atom. The standard InChI is InChI=1S/C10H15NO3/c1-3-8(12)6-11-10(13)9-5-4-7(2)14-9/h4-5,8,12H,3,6H2,1-2H3,(H,11,13). The lowest BCUT2D eigenvalue weighted by Gasteiger charge is -2.07. The van der Waals surface area contributed by atoms with E-state index in [-0.39, 0.29) is 18.2 Å². The summed E-state index contributed by atoms with van der Waals surface area (Å²) in [5.74, 6) is 0.697. The largest absolute Gasteiger partial charge is 0.456 e. The Morgan fingerprint density at radius 1 is 1.64 bits per heavy atom. The number of nitrogens with one attached hydrogen (secondary N) is 1. The summed E-state index contributed by atoms with van der Waals surface area (Å²) in [5.41, 5.74) is 0. The molecule has 1 aromatic heterocycles. The molecule has 1 unspecified atom stereocenters. The second-order valence-corrected chi connectivity index (χ2v) is 3.18. The van der Waals surface area contributed by atoms with Gasteiger partial charge in [-0.3, -0.25) is 4.79 Å². The number of rotatable bonds is 4. The summed E-state index contributed by atoms with van der Waals surface area (Å²) in [6.07, 6.45) is 0.132. The number of aliphatic hydroxyl groups excluding tert-OH is 1. The molecule has 4 heteroatoms. The van der Waals surface area contributed by atoms with Crippen molar-refractivity contribution in [1.82, 2.24) is 5.32 Å². The van der Waals surface area contributed by atoms with Gasteiger partial charge in [0.15, 0.2) is 5.76 Å². The summed E-state index contributed by atoms with van der Waals surface area (Å²) in [7, 11) is 0. The van der Waals surface area contributed by atoms with Crippen molar-refractivity contribution in [1.29, 1.82) is 0 Å². The first kappa shape index (κ1) is 10.8. The van der Waals surface area contributed by atoms with E-state index < -0.39 is 6.10 Å². The molecular formula is C10H15NO3. The molecule has 1 aromatic rings. The molecule has 0 saturated heterocycles. The fourth-order valence-corrected chi connectivity index (χ4v) is 0.999. The van der Waals surface area contributed by atoms with Crippen LogP contribution >= 0.6 is 0 Å². The zero-order valence-corrected chi connectivity index (χ0v) is 8.41. The molecule has 1 heterocycles. The average molecular weight is 197 g/mol. The number of carbonyl (C=O) groups is 1. The third kappa shape index (κ3) is 2.88. The van der Waals surface area contributed by atoms with Crippen LogP contribution in [0.25, 0.3) is 0 Å². The molecule has 1 atom stereocenters. The lowest BCUT2D eigenvalue weighted by Crippen LogP contribution is -2.31. The zero-order valence-electron chi connectivity index (χ0n) is 8.41. The maximum Gasteiger partial charge on any atom is 0.287 e. The number of hydrogen-bond donors (Lipinski definition) is 2. The van der Waals surface area contributed by atoms with Crippen LogP contribution in [0.2, 0.25) is 0 Å². The Labute approximate surface area is 82.9 Å². The van der Waals surface area contributed by atoms with Crippen LogP contribution in [0.1, 0.15) is 29.7 Å². The van der Waals surface area contributed by atoms with Crippen molar-refractivity contribution in [2.75, 3.05) is 6.54 Å². The van der Waals surface area contributed by atoms with Crippen LogP contribution in [0, 0.1) is 6.92 Å². The second kappa shape index (κ2) is 4.81. The molecular weight excluding hydrogens is 182 g/mol. The molecule has 0 bridgehead atoms. The minimum Gasteiger partial charge on any atom is -0.456 e. The van der Waals surface area contributed by atoms with E-state index in [9.17, 15) is 9.90 Å². The van der Waals surface area contributed by atoms with Gasteiger partial charge >= 0.3 is 0 Å². The highest BCUT2D eigenvalue weighted by Crippen LogP contribution is 2.05. The predicted molar refractivity (Wildman–Crippen MR) is 52.1 cm³/mol. The van der Waals surface area contributed by atoms with Crippen LogP contribution in [0.4, 0.5) is 0 Å². The molecule has 0 aliphatic rings. The fraction of sp³-hybridized carbons (Fsp3) is 0.500. The third-order valence-electron chi connectivity index (χ3n) is 1.93. The van der Waals surface area contributed by atoms with Gasteiger partial charge in [-0.2, -0.15) is 0 Å². The van der Waals surface area contributed by atoms with E-state index in [2.05, 4.69) is 5.32 Å². The molecule has 0 saturated carbocycles. The van der Waals surface area contributed by atoms with E-state index in [0.717, 1.165) is 0 Å². The lowest BCUT2D eigenvalue weighted by atomic mass is 10.3. The smallest absolute Gasteiger partial charge is 0.287 e. The third-order valence-corrected chi connectivity index (χ3v) is 1.93. The van der Waals surface area contributed by atoms with Crippen molar-refractivity contribution in [2.24, 2.45) is 0 Å². The van der Waals surface area contributed by atoms with Crippen LogP contribution < -0.4 is 5.32 Å². The summed E-state index contributed by atoms with van der Waals surface area (Å²) in [6, 6.07) is 3.34. The highest BCUT2D eigenvalue weighted by molar-refractivity contribution is 5.91. The topological polar surface area (TPSA) is 62.5 Å².